The minimum Gasteiger partial charge on any atom is -0.481 e. The Balaban J connectivity index is 1.87. The summed E-state index contributed by atoms with van der Waals surface area (Å²) in [5.41, 5.74) is 0.318. The molecular formula is C12H12Cl2N2O3. The van der Waals surface area contributed by atoms with E-state index in [-0.39, 0.29) is 23.1 Å². The van der Waals surface area contributed by atoms with Crippen LogP contribution in [0.15, 0.2) is 6.07 Å². The number of halogens is 2. The maximum absolute atomic E-state index is 12.4. The van der Waals surface area contributed by atoms with E-state index in [0.29, 0.717) is 17.1 Å². The summed E-state index contributed by atoms with van der Waals surface area (Å²) in [6.45, 7) is 0. The number of amides is 1. The summed E-state index contributed by atoms with van der Waals surface area (Å²) < 4.78 is 0. The van der Waals surface area contributed by atoms with E-state index < -0.39 is 11.9 Å². The molecule has 3 atom stereocenters. The lowest BCUT2D eigenvalue weighted by Crippen LogP contribution is -2.38. The van der Waals surface area contributed by atoms with Gasteiger partial charge >= 0.3 is 5.97 Å². The Morgan fingerprint density at radius 3 is 2.63 bits per heavy atom. The quantitative estimate of drug-likeness (QED) is 0.881. The zero-order chi connectivity index (χ0) is 13.7. The predicted molar refractivity (Wildman–Crippen MR) is 69.5 cm³/mol. The molecule has 1 aromatic heterocycles. The molecule has 7 heteroatoms. The smallest absolute Gasteiger partial charge is 0.308 e. The minimum absolute atomic E-state index is 0.0134. The fourth-order valence-corrected chi connectivity index (χ4v) is 3.54. The number of carboxylic acids is 1. The van der Waals surface area contributed by atoms with Gasteiger partial charge in [-0.25, -0.2) is 0 Å². The molecule has 0 saturated carbocycles. The van der Waals surface area contributed by atoms with Gasteiger partial charge in [0, 0.05) is 12.1 Å². The Hall–Kier alpha value is -1.20. The molecule has 0 aromatic carbocycles. The Morgan fingerprint density at radius 2 is 2.11 bits per heavy atom. The maximum Gasteiger partial charge on any atom is 0.308 e. The lowest BCUT2D eigenvalue weighted by Gasteiger charge is -2.22. The number of aromatic nitrogens is 1. The highest BCUT2D eigenvalue weighted by Crippen LogP contribution is 2.42. The van der Waals surface area contributed by atoms with Gasteiger partial charge in [-0.15, -0.1) is 0 Å². The van der Waals surface area contributed by atoms with Crippen molar-refractivity contribution in [2.24, 2.45) is 5.92 Å². The summed E-state index contributed by atoms with van der Waals surface area (Å²) in [5, 5.41) is 9.69. The number of fused-ring (bicyclic) bond motifs is 2. The average molecular weight is 303 g/mol. The van der Waals surface area contributed by atoms with Crippen LogP contribution in [0.3, 0.4) is 0 Å². The molecule has 2 fully saturated rings. The Morgan fingerprint density at radius 1 is 1.37 bits per heavy atom. The van der Waals surface area contributed by atoms with Crippen LogP contribution in [0.1, 0.15) is 29.8 Å². The van der Waals surface area contributed by atoms with Crippen LogP contribution >= 0.6 is 23.2 Å². The first-order valence-electron chi connectivity index (χ1n) is 6.08. The number of aromatic amines is 1. The van der Waals surface area contributed by atoms with Gasteiger partial charge in [0.1, 0.15) is 10.8 Å². The van der Waals surface area contributed by atoms with E-state index >= 15 is 0 Å². The van der Waals surface area contributed by atoms with Gasteiger partial charge in [0.2, 0.25) is 0 Å². The van der Waals surface area contributed by atoms with Gasteiger partial charge in [-0.1, -0.05) is 23.2 Å². The standard InChI is InChI=1S/C12H12Cl2N2O3/c13-7-4-8(15-10(7)14)11(17)16-5-1-2-9(16)6(3-5)12(18)19/h4-6,9,15H,1-3H2,(H,18,19). The first-order valence-corrected chi connectivity index (χ1v) is 6.84. The highest BCUT2D eigenvalue weighted by Gasteiger charge is 2.51. The number of carbonyl (C=O) groups excluding carboxylic acids is 1. The summed E-state index contributed by atoms with van der Waals surface area (Å²) in [7, 11) is 0. The fourth-order valence-electron chi connectivity index (χ4n) is 3.23. The lowest BCUT2D eigenvalue weighted by atomic mass is 9.89. The van der Waals surface area contributed by atoms with E-state index in [1.54, 1.807) is 4.90 Å². The predicted octanol–water partition coefficient (Wildman–Crippen LogP) is 2.40. The fraction of sp³-hybridized carbons (Fsp3) is 0.500. The van der Waals surface area contributed by atoms with Crippen molar-refractivity contribution >= 4 is 35.1 Å². The molecule has 0 spiro atoms. The summed E-state index contributed by atoms with van der Waals surface area (Å²) in [6.07, 6.45) is 2.14. The van der Waals surface area contributed by atoms with Crippen LogP contribution in [0.2, 0.25) is 10.2 Å². The summed E-state index contributed by atoms with van der Waals surface area (Å²) in [4.78, 5) is 28.0. The summed E-state index contributed by atoms with van der Waals surface area (Å²) >= 11 is 11.6. The lowest BCUT2D eigenvalue weighted by molar-refractivity contribution is -0.142. The highest BCUT2D eigenvalue weighted by atomic mass is 35.5. The first kappa shape index (κ1) is 12.8. The molecule has 2 bridgehead atoms. The summed E-state index contributed by atoms with van der Waals surface area (Å²) in [5.74, 6) is -1.50. The van der Waals surface area contributed by atoms with Crippen LogP contribution in [0.4, 0.5) is 0 Å². The van der Waals surface area contributed by atoms with Crippen molar-refractivity contribution in [2.45, 2.75) is 31.3 Å². The number of rotatable bonds is 2. The van der Waals surface area contributed by atoms with Gasteiger partial charge in [-0.2, -0.15) is 0 Å². The van der Waals surface area contributed by atoms with E-state index in [2.05, 4.69) is 4.98 Å². The molecule has 2 aliphatic rings. The third-order valence-electron chi connectivity index (χ3n) is 4.04. The number of nitrogens with zero attached hydrogens (tertiary/aromatic N) is 1. The maximum atomic E-state index is 12.4. The van der Waals surface area contributed by atoms with Crippen LogP contribution in [-0.4, -0.2) is 39.0 Å². The molecular weight excluding hydrogens is 291 g/mol. The zero-order valence-electron chi connectivity index (χ0n) is 9.90. The highest BCUT2D eigenvalue weighted by molar-refractivity contribution is 6.41. The second-order valence-electron chi connectivity index (χ2n) is 5.04. The van der Waals surface area contributed by atoms with Crippen LogP contribution in [0.5, 0.6) is 0 Å². The topological polar surface area (TPSA) is 73.4 Å². The number of hydrogen-bond donors (Lipinski definition) is 2. The third kappa shape index (κ3) is 1.92. The molecule has 3 rings (SSSR count). The average Bonchev–Trinajstić information content (AvgIpc) is 3.02. The van der Waals surface area contributed by atoms with Crippen LogP contribution in [-0.2, 0) is 4.79 Å². The molecule has 19 heavy (non-hydrogen) atoms. The van der Waals surface area contributed by atoms with Crippen molar-refractivity contribution in [3.63, 3.8) is 0 Å². The number of carbonyl (C=O) groups is 2. The molecule has 2 N–H and O–H groups in total. The second kappa shape index (κ2) is 4.42. The van der Waals surface area contributed by atoms with Crippen molar-refractivity contribution in [3.8, 4) is 0 Å². The summed E-state index contributed by atoms with van der Waals surface area (Å²) in [6, 6.07) is 1.29. The monoisotopic (exact) mass is 302 g/mol. The largest absolute Gasteiger partial charge is 0.481 e. The molecule has 3 heterocycles. The van der Waals surface area contributed by atoms with Crippen LogP contribution in [0, 0.1) is 5.92 Å². The van der Waals surface area contributed by atoms with Crippen molar-refractivity contribution in [1.29, 1.82) is 0 Å². The van der Waals surface area contributed by atoms with E-state index in [1.807, 2.05) is 0 Å². The SMILES string of the molecule is O=C(O)C1CC2CCC1N2C(=O)c1cc(Cl)c(Cl)[nH]1. The number of nitrogens with one attached hydrogen (secondary N) is 1. The van der Waals surface area contributed by atoms with E-state index in [0.717, 1.165) is 12.8 Å². The molecule has 1 aromatic rings. The van der Waals surface area contributed by atoms with Crippen LogP contribution in [0.25, 0.3) is 0 Å². The van der Waals surface area contributed by atoms with Gasteiger partial charge in [0.05, 0.1) is 10.9 Å². The van der Waals surface area contributed by atoms with Crippen molar-refractivity contribution in [3.05, 3.63) is 21.9 Å². The molecule has 1 amide bonds. The zero-order valence-corrected chi connectivity index (χ0v) is 11.4. The first-order chi connectivity index (χ1) is 8.99. The van der Waals surface area contributed by atoms with Gasteiger partial charge in [-0.05, 0) is 25.3 Å². The molecule has 3 unspecified atom stereocenters. The molecule has 0 aliphatic carbocycles. The van der Waals surface area contributed by atoms with Gasteiger partial charge in [0.15, 0.2) is 0 Å². The molecule has 2 saturated heterocycles. The van der Waals surface area contributed by atoms with Crippen molar-refractivity contribution < 1.29 is 14.7 Å². The Kier molecular flexibility index (Phi) is 2.98. The third-order valence-corrected chi connectivity index (χ3v) is 4.74. The number of carboxylic acid groups (broad SMARTS) is 1. The van der Waals surface area contributed by atoms with E-state index in [4.69, 9.17) is 28.3 Å². The molecule has 5 nitrogen and oxygen atoms in total. The molecule has 0 radical (unpaired) electrons. The molecule has 102 valence electrons. The van der Waals surface area contributed by atoms with E-state index in [1.165, 1.54) is 6.07 Å². The minimum atomic E-state index is -0.826. The Bertz CT molecular complexity index is 538. The van der Waals surface area contributed by atoms with Crippen molar-refractivity contribution in [1.82, 2.24) is 9.88 Å². The van der Waals surface area contributed by atoms with Gasteiger partial charge in [-0.3, -0.25) is 9.59 Å². The molecule has 2 aliphatic heterocycles. The van der Waals surface area contributed by atoms with Gasteiger partial charge < -0.3 is 15.0 Å². The normalized spacial score (nSPS) is 28.9. The van der Waals surface area contributed by atoms with Crippen LogP contribution < -0.4 is 0 Å². The second-order valence-corrected chi connectivity index (χ2v) is 5.82. The Labute approximate surface area is 119 Å². The van der Waals surface area contributed by atoms with E-state index in [9.17, 15) is 9.59 Å². The number of aliphatic carboxylic acids is 1. The van der Waals surface area contributed by atoms with Crippen molar-refractivity contribution in [2.75, 3.05) is 0 Å². The number of hydrogen-bond acceptors (Lipinski definition) is 2. The van der Waals surface area contributed by atoms with Gasteiger partial charge in [0.25, 0.3) is 5.91 Å². The number of H-pyrrole nitrogens is 1.